The first-order chi connectivity index (χ1) is 7.59. The summed E-state index contributed by atoms with van der Waals surface area (Å²) in [6.07, 6.45) is 5.25. The van der Waals surface area contributed by atoms with E-state index in [-0.39, 0.29) is 5.97 Å². The summed E-state index contributed by atoms with van der Waals surface area (Å²) in [5.74, 6) is -0.277. The minimum atomic E-state index is -0.277. The molecule has 0 aromatic heterocycles. The summed E-state index contributed by atoms with van der Waals surface area (Å²) in [5, 5.41) is 8.07. The Labute approximate surface area is 99.5 Å². The number of carbonyl (C=O) groups is 1. The second kappa shape index (κ2) is 14.2. The van der Waals surface area contributed by atoms with E-state index in [1.807, 2.05) is 0 Å². The van der Waals surface area contributed by atoms with Gasteiger partial charge in [-0.25, -0.2) is 4.79 Å². The van der Waals surface area contributed by atoms with Crippen molar-refractivity contribution in [2.75, 3.05) is 13.2 Å². The highest BCUT2D eigenvalue weighted by molar-refractivity contribution is 5.86. The number of aliphatic hydroxyl groups is 1. The predicted octanol–water partition coefficient (Wildman–Crippen LogP) is 3.07. The van der Waals surface area contributed by atoms with E-state index in [1.165, 1.54) is 0 Å². The Hall–Kier alpha value is -0.830. The summed E-state index contributed by atoms with van der Waals surface area (Å²) in [5.41, 5.74) is 0.474. The van der Waals surface area contributed by atoms with E-state index in [9.17, 15) is 4.79 Å². The number of hydrogen-bond acceptors (Lipinski definition) is 3. The lowest BCUT2D eigenvalue weighted by atomic mass is 10.3. The van der Waals surface area contributed by atoms with Crippen molar-refractivity contribution in [2.24, 2.45) is 0 Å². The molecule has 0 aromatic carbocycles. The zero-order chi connectivity index (χ0) is 12.8. The molecule has 0 aromatic rings. The van der Waals surface area contributed by atoms with Crippen LogP contribution in [0.15, 0.2) is 12.2 Å². The lowest BCUT2D eigenvalue weighted by molar-refractivity contribution is -0.139. The number of ether oxygens (including phenoxy) is 1. The quantitative estimate of drug-likeness (QED) is 0.415. The predicted molar refractivity (Wildman–Crippen MR) is 67.3 cm³/mol. The molecular weight excluding hydrogens is 204 g/mol. The Morgan fingerprint density at radius 1 is 1.19 bits per heavy atom. The zero-order valence-electron chi connectivity index (χ0n) is 10.9. The number of unbranched alkanes of at least 4 members (excludes halogenated alkanes) is 3. The van der Waals surface area contributed by atoms with Crippen molar-refractivity contribution >= 4 is 5.97 Å². The third-order valence-electron chi connectivity index (χ3n) is 1.84. The van der Waals surface area contributed by atoms with Gasteiger partial charge in [-0.05, 0) is 19.8 Å². The number of aliphatic hydroxyl groups excluding tert-OH is 1. The number of esters is 1. The summed E-state index contributed by atoms with van der Waals surface area (Å²) in [4.78, 5) is 10.8. The second-order valence-electron chi connectivity index (χ2n) is 3.70. The smallest absolute Gasteiger partial charge is 0.333 e. The van der Waals surface area contributed by atoms with Gasteiger partial charge >= 0.3 is 5.97 Å². The average Bonchev–Trinajstić information content (AvgIpc) is 2.26. The molecule has 0 aliphatic carbocycles. The van der Waals surface area contributed by atoms with Gasteiger partial charge < -0.3 is 9.84 Å². The fourth-order valence-electron chi connectivity index (χ4n) is 0.798. The summed E-state index contributed by atoms with van der Waals surface area (Å²) < 4.78 is 4.87. The highest BCUT2D eigenvalue weighted by Crippen LogP contribution is 1.97. The van der Waals surface area contributed by atoms with Crippen molar-refractivity contribution < 1.29 is 14.6 Å². The van der Waals surface area contributed by atoms with Crippen molar-refractivity contribution in [1.29, 1.82) is 0 Å². The molecule has 0 aliphatic heterocycles. The van der Waals surface area contributed by atoms with Crippen molar-refractivity contribution in [1.82, 2.24) is 0 Å². The van der Waals surface area contributed by atoms with Crippen LogP contribution in [0.25, 0.3) is 0 Å². The topological polar surface area (TPSA) is 46.5 Å². The number of carbonyl (C=O) groups excluding carboxylic acids is 1. The molecule has 0 unspecified atom stereocenters. The fraction of sp³-hybridized carbons (Fsp3) is 0.769. The lowest BCUT2D eigenvalue weighted by Gasteiger charge is -2.02. The third-order valence-corrected chi connectivity index (χ3v) is 1.84. The zero-order valence-corrected chi connectivity index (χ0v) is 10.9. The van der Waals surface area contributed by atoms with E-state index in [0.29, 0.717) is 18.8 Å². The van der Waals surface area contributed by atoms with Crippen LogP contribution >= 0.6 is 0 Å². The van der Waals surface area contributed by atoms with Crippen LogP contribution in [0, 0.1) is 0 Å². The molecule has 1 N–H and O–H groups in total. The molecule has 0 fully saturated rings. The molecule has 0 amide bonds. The van der Waals surface area contributed by atoms with Gasteiger partial charge in [0.2, 0.25) is 0 Å². The Balaban J connectivity index is 0. The molecular formula is C13H26O3. The van der Waals surface area contributed by atoms with Crippen LogP contribution in [-0.4, -0.2) is 24.3 Å². The van der Waals surface area contributed by atoms with E-state index in [2.05, 4.69) is 20.4 Å². The van der Waals surface area contributed by atoms with Crippen molar-refractivity contribution in [3.8, 4) is 0 Å². The Morgan fingerprint density at radius 2 is 1.75 bits per heavy atom. The fourth-order valence-corrected chi connectivity index (χ4v) is 0.798. The average molecular weight is 230 g/mol. The molecule has 0 saturated heterocycles. The van der Waals surface area contributed by atoms with Gasteiger partial charge in [0.15, 0.2) is 0 Å². The molecule has 0 atom stereocenters. The molecule has 0 heterocycles. The highest BCUT2D eigenvalue weighted by Gasteiger charge is 2.00. The van der Waals surface area contributed by atoms with Crippen molar-refractivity contribution in [3.63, 3.8) is 0 Å². The maximum absolute atomic E-state index is 10.8. The van der Waals surface area contributed by atoms with Gasteiger partial charge in [0.1, 0.15) is 0 Å². The van der Waals surface area contributed by atoms with E-state index < -0.39 is 0 Å². The summed E-state index contributed by atoms with van der Waals surface area (Å²) >= 11 is 0. The number of hydrogen-bond donors (Lipinski definition) is 1. The molecule has 0 aliphatic rings. The largest absolute Gasteiger partial charge is 0.462 e. The van der Waals surface area contributed by atoms with Gasteiger partial charge in [-0.3, -0.25) is 0 Å². The Kier molecular flexibility index (Phi) is 15.6. The number of rotatable bonds is 7. The summed E-state index contributed by atoms with van der Waals surface area (Å²) in [6, 6.07) is 0. The summed E-state index contributed by atoms with van der Waals surface area (Å²) in [6.45, 7) is 10.2. The van der Waals surface area contributed by atoms with Crippen LogP contribution in [0.2, 0.25) is 0 Å². The van der Waals surface area contributed by atoms with Gasteiger partial charge in [0.05, 0.1) is 6.61 Å². The SMILES string of the molecule is C=C(C)C(=O)OCCCCC.CCCCO. The van der Waals surface area contributed by atoms with Gasteiger partial charge in [0.25, 0.3) is 0 Å². The highest BCUT2D eigenvalue weighted by atomic mass is 16.5. The van der Waals surface area contributed by atoms with Crippen LogP contribution in [0.1, 0.15) is 52.9 Å². The molecule has 0 rings (SSSR count). The van der Waals surface area contributed by atoms with E-state index in [4.69, 9.17) is 9.84 Å². The summed E-state index contributed by atoms with van der Waals surface area (Å²) in [7, 11) is 0. The van der Waals surface area contributed by atoms with Crippen molar-refractivity contribution in [2.45, 2.75) is 52.9 Å². The van der Waals surface area contributed by atoms with Crippen LogP contribution in [-0.2, 0) is 9.53 Å². The van der Waals surface area contributed by atoms with Crippen LogP contribution in [0.4, 0.5) is 0 Å². The molecule has 96 valence electrons. The molecule has 0 radical (unpaired) electrons. The Morgan fingerprint density at radius 3 is 2.06 bits per heavy atom. The molecule has 0 saturated carbocycles. The van der Waals surface area contributed by atoms with E-state index in [0.717, 1.165) is 32.1 Å². The third kappa shape index (κ3) is 15.6. The standard InChI is InChI=1S/C9H16O2.C4H10O/c1-4-5-6-7-11-9(10)8(2)3;1-2-3-4-5/h2,4-7H2,1,3H3;5H,2-4H2,1H3. The molecule has 3 nitrogen and oxygen atoms in total. The molecule has 16 heavy (non-hydrogen) atoms. The van der Waals surface area contributed by atoms with Crippen LogP contribution in [0.5, 0.6) is 0 Å². The second-order valence-corrected chi connectivity index (χ2v) is 3.70. The normalized spacial score (nSPS) is 9.00. The van der Waals surface area contributed by atoms with Crippen LogP contribution < -0.4 is 0 Å². The minimum absolute atomic E-state index is 0.277. The molecule has 0 spiro atoms. The monoisotopic (exact) mass is 230 g/mol. The van der Waals surface area contributed by atoms with Gasteiger partial charge in [-0.15, -0.1) is 0 Å². The first-order valence-corrected chi connectivity index (χ1v) is 6.03. The van der Waals surface area contributed by atoms with E-state index >= 15 is 0 Å². The lowest BCUT2D eigenvalue weighted by Crippen LogP contribution is -2.05. The van der Waals surface area contributed by atoms with E-state index in [1.54, 1.807) is 6.92 Å². The van der Waals surface area contributed by atoms with Crippen molar-refractivity contribution in [3.05, 3.63) is 12.2 Å². The van der Waals surface area contributed by atoms with Gasteiger partial charge in [0, 0.05) is 12.2 Å². The first kappa shape index (κ1) is 17.6. The molecule has 0 bridgehead atoms. The first-order valence-electron chi connectivity index (χ1n) is 6.03. The Bertz CT molecular complexity index is 174. The maximum Gasteiger partial charge on any atom is 0.333 e. The van der Waals surface area contributed by atoms with Gasteiger partial charge in [-0.2, -0.15) is 0 Å². The minimum Gasteiger partial charge on any atom is -0.462 e. The maximum atomic E-state index is 10.8. The van der Waals surface area contributed by atoms with Gasteiger partial charge in [-0.1, -0.05) is 39.7 Å². The molecule has 3 heteroatoms. The van der Waals surface area contributed by atoms with Crippen LogP contribution in [0.3, 0.4) is 0 Å².